The summed E-state index contributed by atoms with van der Waals surface area (Å²) in [4.78, 5) is 26.4. The second-order valence-corrected chi connectivity index (χ2v) is 9.87. The van der Waals surface area contributed by atoms with E-state index in [1.165, 1.54) is 0 Å². The van der Waals surface area contributed by atoms with E-state index in [1.54, 1.807) is 30.3 Å². The Morgan fingerprint density at radius 1 is 1.03 bits per heavy atom. The molecule has 0 bridgehead atoms. The van der Waals surface area contributed by atoms with Crippen molar-refractivity contribution in [3.63, 3.8) is 0 Å². The molecule has 0 saturated carbocycles. The lowest BCUT2D eigenvalue weighted by atomic mass is 10.0. The molecule has 0 amide bonds. The molecule has 0 unspecified atom stereocenters. The fraction of sp³-hybridized carbons (Fsp3) is 0.138. The molecule has 5 rings (SSSR count). The van der Waals surface area contributed by atoms with Crippen LogP contribution in [0.5, 0.6) is 5.75 Å². The summed E-state index contributed by atoms with van der Waals surface area (Å²) in [7, 11) is 0. The molecule has 38 heavy (non-hydrogen) atoms. The van der Waals surface area contributed by atoms with Gasteiger partial charge in [-0.3, -0.25) is 4.79 Å². The van der Waals surface area contributed by atoms with Gasteiger partial charge >= 0.3 is 5.97 Å². The zero-order valence-electron chi connectivity index (χ0n) is 20.4. The van der Waals surface area contributed by atoms with E-state index in [0.29, 0.717) is 43.7 Å². The number of nitrogens with zero attached hydrogens (tertiary/aromatic N) is 1. The minimum absolute atomic E-state index is 0.0705. The number of pyridine rings is 1. The van der Waals surface area contributed by atoms with Gasteiger partial charge < -0.3 is 19.4 Å². The number of hydrogen-bond donors (Lipinski definition) is 2. The number of nitrogens with one attached hydrogen (secondary N) is 1. The Morgan fingerprint density at radius 3 is 2.37 bits per heavy atom. The minimum Gasteiger partial charge on any atom is -0.489 e. The fourth-order valence-electron chi connectivity index (χ4n) is 4.28. The number of ether oxygens (including phenoxy) is 1. The van der Waals surface area contributed by atoms with Crippen LogP contribution in [0.4, 0.5) is 0 Å². The number of hydrogen-bond acceptors (Lipinski definition) is 5. The summed E-state index contributed by atoms with van der Waals surface area (Å²) in [5, 5.41) is 14.8. The normalized spacial score (nSPS) is 11.3. The monoisotopic (exact) mass is 548 g/mol. The molecule has 0 aliphatic rings. The summed E-state index contributed by atoms with van der Waals surface area (Å²) in [5.74, 6) is 0.212. The van der Waals surface area contributed by atoms with Crippen LogP contribution in [-0.2, 0) is 6.61 Å². The molecule has 2 heterocycles. The van der Waals surface area contributed by atoms with Gasteiger partial charge in [0.15, 0.2) is 5.43 Å². The quantitative estimate of drug-likeness (QED) is 0.217. The number of halogens is 2. The lowest BCUT2D eigenvalue weighted by molar-refractivity contribution is 0.0691. The number of rotatable bonds is 7. The van der Waals surface area contributed by atoms with Crippen molar-refractivity contribution < 1.29 is 19.2 Å². The SMILES string of the molecule is CC(C)c1onc(-c2c(Cl)cccc2Cl)c1COc1ccc(-c2ccc3[nH]c(C(=O)O)cc(=O)c3c2)cc1. The van der Waals surface area contributed by atoms with Gasteiger partial charge in [0.2, 0.25) is 0 Å². The number of aromatic nitrogens is 2. The van der Waals surface area contributed by atoms with Gasteiger partial charge in [-0.25, -0.2) is 4.79 Å². The number of H-pyrrole nitrogens is 1. The van der Waals surface area contributed by atoms with Gasteiger partial charge in [-0.05, 0) is 47.5 Å². The van der Waals surface area contributed by atoms with Crippen molar-refractivity contribution in [2.45, 2.75) is 26.4 Å². The summed E-state index contributed by atoms with van der Waals surface area (Å²) < 4.78 is 11.7. The van der Waals surface area contributed by atoms with E-state index in [0.717, 1.165) is 22.8 Å². The molecule has 3 aromatic carbocycles. The highest BCUT2D eigenvalue weighted by molar-refractivity contribution is 6.39. The van der Waals surface area contributed by atoms with Gasteiger partial charge in [0, 0.05) is 28.5 Å². The van der Waals surface area contributed by atoms with Crippen LogP contribution < -0.4 is 10.2 Å². The molecule has 0 aliphatic heterocycles. The number of aromatic amines is 1. The number of carboxylic acid groups (broad SMARTS) is 1. The van der Waals surface area contributed by atoms with E-state index in [-0.39, 0.29) is 23.6 Å². The fourth-order valence-corrected chi connectivity index (χ4v) is 4.85. The predicted octanol–water partition coefficient (Wildman–Crippen LogP) is 7.56. The molecule has 5 aromatic rings. The first-order chi connectivity index (χ1) is 18.2. The number of aromatic carboxylic acids is 1. The van der Waals surface area contributed by atoms with Crippen molar-refractivity contribution in [1.82, 2.24) is 10.1 Å². The molecule has 0 atom stereocenters. The number of carboxylic acids is 1. The summed E-state index contributed by atoms with van der Waals surface area (Å²) >= 11 is 12.9. The molecule has 0 fully saturated rings. The van der Waals surface area contributed by atoms with Crippen LogP contribution >= 0.6 is 23.2 Å². The summed E-state index contributed by atoms with van der Waals surface area (Å²) in [6.45, 7) is 4.21. The Kier molecular flexibility index (Phi) is 6.97. The summed E-state index contributed by atoms with van der Waals surface area (Å²) in [5.41, 5.74) is 3.56. The van der Waals surface area contributed by atoms with E-state index < -0.39 is 5.97 Å². The van der Waals surface area contributed by atoms with E-state index in [4.69, 9.17) is 37.6 Å². The molecular weight excluding hydrogens is 527 g/mol. The van der Waals surface area contributed by atoms with Crippen LogP contribution in [0, 0.1) is 0 Å². The molecule has 9 heteroatoms. The van der Waals surface area contributed by atoms with Gasteiger partial charge in [0.05, 0.1) is 15.6 Å². The zero-order valence-corrected chi connectivity index (χ0v) is 21.9. The molecule has 192 valence electrons. The Morgan fingerprint density at radius 2 is 1.71 bits per heavy atom. The molecular formula is C29H22Cl2N2O5. The van der Waals surface area contributed by atoms with Gasteiger partial charge in [-0.1, -0.05) is 66.5 Å². The second-order valence-electron chi connectivity index (χ2n) is 9.05. The lowest BCUT2D eigenvalue weighted by Gasteiger charge is -2.11. The molecule has 0 saturated heterocycles. The molecule has 2 aromatic heterocycles. The van der Waals surface area contributed by atoms with Crippen molar-refractivity contribution >= 4 is 40.1 Å². The number of carbonyl (C=O) groups is 1. The maximum atomic E-state index is 12.5. The molecule has 0 radical (unpaired) electrons. The molecule has 0 aliphatic carbocycles. The van der Waals surface area contributed by atoms with Gasteiger partial charge in [-0.2, -0.15) is 0 Å². The Balaban J connectivity index is 1.40. The average molecular weight is 549 g/mol. The largest absolute Gasteiger partial charge is 0.489 e. The summed E-state index contributed by atoms with van der Waals surface area (Å²) in [6, 6.07) is 19.1. The minimum atomic E-state index is -1.18. The first-order valence-corrected chi connectivity index (χ1v) is 12.5. The summed E-state index contributed by atoms with van der Waals surface area (Å²) in [6.07, 6.45) is 0. The highest BCUT2D eigenvalue weighted by atomic mass is 35.5. The van der Waals surface area contributed by atoms with Gasteiger partial charge in [-0.15, -0.1) is 0 Å². The van der Waals surface area contributed by atoms with Crippen molar-refractivity contribution in [3.8, 4) is 28.1 Å². The van der Waals surface area contributed by atoms with Crippen molar-refractivity contribution in [2.24, 2.45) is 0 Å². The van der Waals surface area contributed by atoms with Crippen LogP contribution in [0.3, 0.4) is 0 Å². The molecule has 7 nitrogen and oxygen atoms in total. The van der Waals surface area contributed by atoms with E-state index >= 15 is 0 Å². The van der Waals surface area contributed by atoms with Crippen LogP contribution in [0.2, 0.25) is 10.0 Å². The van der Waals surface area contributed by atoms with Crippen LogP contribution in [0.15, 0.2) is 76.0 Å². The highest BCUT2D eigenvalue weighted by Crippen LogP contribution is 2.39. The van der Waals surface area contributed by atoms with E-state index in [2.05, 4.69) is 10.1 Å². The van der Waals surface area contributed by atoms with E-state index in [9.17, 15) is 9.59 Å². The molecule has 2 N–H and O–H groups in total. The molecule has 0 spiro atoms. The van der Waals surface area contributed by atoms with Crippen molar-refractivity contribution in [1.29, 1.82) is 0 Å². The Bertz CT molecular complexity index is 1700. The maximum Gasteiger partial charge on any atom is 0.352 e. The second kappa shape index (κ2) is 10.4. The van der Waals surface area contributed by atoms with E-state index in [1.807, 2.05) is 44.2 Å². The zero-order chi connectivity index (χ0) is 27.0. The predicted molar refractivity (Wildman–Crippen MR) is 147 cm³/mol. The average Bonchev–Trinajstić information content (AvgIpc) is 3.31. The van der Waals surface area contributed by atoms with Crippen LogP contribution in [-0.4, -0.2) is 21.2 Å². The Labute approximate surface area is 227 Å². The smallest absolute Gasteiger partial charge is 0.352 e. The van der Waals surface area contributed by atoms with Crippen LogP contribution in [0.1, 0.15) is 41.6 Å². The number of fused-ring (bicyclic) bond motifs is 1. The van der Waals surface area contributed by atoms with Gasteiger partial charge in [0.25, 0.3) is 0 Å². The standard InChI is InChI=1S/C29H22Cl2N2O5/c1-15(2)28-20(27(33-38-28)26-21(30)4-3-5-22(26)31)14-37-18-9-6-16(7-10-18)17-8-11-23-19(12-17)25(34)13-24(32-23)29(35)36/h3-13,15H,14H2,1-2H3,(H,32,34)(H,35,36). The van der Waals surface area contributed by atoms with Crippen molar-refractivity contribution in [3.05, 3.63) is 104 Å². The third kappa shape index (κ3) is 4.90. The first kappa shape index (κ1) is 25.6. The van der Waals surface area contributed by atoms with Crippen LogP contribution in [0.25, 0.3) is 33.3 Å². The first-order valence-electron chi connectivity index (χ1n) is 11.8. The lowest BCUT2D eigenvalue weighted by Crippen LogP contribution is -2.09. The number of benzene rings is 3. The van der Waals surface area contributed by atoms with Crippen molar-refractivity contribution in [2.75, 3.05) is 0 Å². The third-order valence-corrected chi connectivity index (χ3v) is 6.80. The maximum absolute atomic E-state index is 12.5. The van der Waals surface area contributed by atoms with Gasteiger partial charge in [0.1, 0.15) is 29.5 Å². The topological polar surface area (TPSA) is 105 Å². The highest BCUT2D eigenvalue weighted by Gasteiger charge is 2.23. The third-order valence-electron chi connectivity index (χ3n) is 6.17. The Hall–Kier alpha value is -4.07.